The van der Waals surface area contributed by atoms with Crippen LogP contribution in [0.3, 0.4) is 0 Å². The Hall–Kier alpha value is -1.28. The number of hydrogen-bond acceptors (Lipinski definition) is 7. The van der Waals surface area contributed by atoms with Crippen LogP contribution in [0.25, 0.3) is 0 Å². The molecule has 1 heterocycles. The normalized spacial score (nSPS) is 20.0. The van der Waals surface area contributed by atoms with Crippen molar-refractivity contribution in [2.24, 2.45) is 0 Å². The van der Waals surface area contributed by atoms with E-state index in [1.54, 1.807) is 26.0 Å². The fraction of sp³-hybridized carbons (Fsp3) is 0.556. The fourth-order valence-corrected chi connectivity index (χ4v) is 5.01. The van der Waals surface area contributed by atoms with E-state index in [0.717, 1.165) is 0 Å². The summed E-state index contributed by atoms with van der Waals surface area (Å²) in [4.78, 5) is 24.3. The molecule has 156 valence electrons. The van der Waals surface area contributed by atoms with E-state index in [1.807, 2.05) is 0 Å². The topological polar surface area (TPSA) is 106 Å². The molecule has 0 saturated carbocycles. The standard InChI is InChI=1S/C18H27ClN3O5P/c1-4-26-28(25,27-5-2)11-14-9-21-17(10-20-14)18(24)22-16-7-6-13(19)8-15(16)12(3)23/h6-8,14,17,20-21H,4-5,9-11H2,1-3H3,(H,22,24). The molecule has 1 aliphatic rings. The first-order chi connectivity index (χ1) is 13.3. The number of hydrogen-bond donors (Lipinski definition) is 3. The van der Waals surface area contributed by atoms with Gasteiger partial charge in [-0.2, -0.15) is 0 Å². The summed E-state index contributed by atoms with van der Waals surface area (Å²) in [6, 6.07) is 4.12. The first kappa shape index (κ1) is 23.0. The molecule has 0 aliphatic carbocycles. The second-order valence-corrected chi connectivity index (χ2v) is 8.97. The van der Waals surface area contributed by atoms with Crippen LogP contribution in [-0.2, 0) is 18.4 Å². The summed E-state index contributed by atoms with van der Waals surface area (Å²) in [6.45, 7) is 6.35. The molecule has 0 bridgehead atoms. The average Bonchev–Trinajstić information content (AvgIpc) is 2.63. The van der Waals surface area contributed by atoms with Crippen molar-refractivity contribution in [1.29, 1.82) is 0 Å². The van der Waals surface area contributed by atoms with E-state index < -0.39 is 13.6 Å². The van der Waals surface area contributed by atoms with Gasteiger partial charge >= 0.3 is 7.60 Å². The van der Waals surface area contributed by atoms with E-state index in [2.05, 4.69) is 16.0 Å². The average molecular weight is 432 g/mol. The van der Waals surface area contributed by atoms with Crippen LogP contribution in [0.5, 0.6) is 0 Å². The SMILES string of the molecule is CCOP(=O)(CC1CNC(C(=O)Nc2ccc(Cl)cc2C(C)=O)CN1)OCC. The highest BCUT2D eigenvalue weighted by Gasteiger charge is 2.32. The lowest BCUT2D eigenvalue weighted by atomic mass is 10.1. The summed E-state index contributed by atoms with van der Waals surface area (Å²) in [5.74, 6) is -0.455. The largest absolute Gasteiger partial charge is 0.332 e. The first-order valence-electron chi connectivity index (χ1n) is 9.24. The van der Waals surface area contributed by atoms with Gasteiger partial charge in [-0.1, -0.05) is 11.6 Å². The molecule has 3 N–H and O–H groups in total. The second-order valence-electron chi connectivity index (χ2n) is 6.43. The van der Waals surface area contributed by atoms with Crippen LogP contribution in [0.2, 0.25) is 5.02 Å². The number of nitrogens with one attached hydrogen (secondary N) is 3. The van der Waals surface area contributed by atoms with Crippen molar-refractivity contribution in [3.05, 3.63) is 28.8 Å². The van der Waals surface area contributed by atoms with Crippen molar-refractivity contribution in [3.63, 3.8) is 0 Å². The molecular weight excluding hydrogens is 405 g/mol. The van der Waals surface area contributed by atoms with Crippen LogP contribution >= 0.6 is 19.2 Å². The van der Waals surface area contributed by atoms with Crippen molar-refractivity contribution >= 4 is 36.6 Å². The Morgan fingerprint density at radius 1 is 1.21 bits per heavy atom. The molecule has 1 aromatic rings. The number of rotatable bonds is 9. The summed E-state index contributed by atoms with van der Waals surface area (Å²) in [5, 5.41) is 9.54. The molecule has 1 aliphatic heterocycles. The minimum atomic E-state index is -3.16. The fourth-order valence-electron chi connectivity index (χ4n) is 2.97. The van der Waals surface area contributed by atoms with E-state index in [9.17, 15) is 14.2 Å². The van der Waals surface area contributed by atoms with E-state index in [0.29, 0.717) is 42.6 Å². The van der Waals surface area contributed by atoms with E-state index in [4.69, 9.17) is 20.6 Å². The first-order valence-corrected chi connectivity index (χ1v) is 11.3. The quantitative estimate of drug-likeness (QED) is 0.407. The smallest absolute Gasteiger partial charge is 0.324 e. The van der Waals surface area contributed by atoms with Crippen molar-refractivity contribution in [2.45, 2.75) is 32.9 Å². The summed E-state index contributed by atoms with van der Waals surface area (Å²) in [6.07, 6.45) is 0.224. The van der Waals surface area contributed by atoms with Crippen LogP contribution in [0.4, 0.5) is 5.69 Å². The third-order valence-electron chi connectivity index (χ3n) is 4.25. The number of carbonyl (C=O) groups excluding carboxylic acids is 2. The van der Waals surface area contributed by atoms with E-state index in [1.165, 1.54) is 13.0 Å². The second kappa shape index (κ2) is 10.5. The number of ketones is 1. The zero-order valence-electron chi connectivity index (χ0n) is 16.3. The molecule has 0 radical (unpaired) electrons. The van der Waals surface area contributed by atoms with Gasteiger partial charge in [-0.05, 0) is 39.0 Å². The van der Waals surface area contributed by atoms with Crippen LogP contribution in [0.15, 0.2) is 18.2 Å². The molecule has 28 heavy (non-hydrogen) atoms. The number of halogens is 1. The van der Waals surface area contributed by atoms with Gasteiger partial charge in [0.1, 0.15) is 0 Å². The van der Waals surface area contributed by atoms with Crippen LogP contribution in [-0.4, -0.2) is 56.2 Å². The molecular formula is C18H27ClN3O5P. The number of Topliss-reactive ketones (excluding diaryl/α,β-unsaturated/α-hetero) is 1. The summed E-state index contributed by atoms with van der Waals surface area (Å²) >= 11 is 5.93. The van der Waals surface area contributed by atoms with Gasteiger partial charge in [0.05, 0.1) is 31.1 Å². The van der Waals surface area contributed by atoms with Crippen LogP contribution in [0, 0.1) is 0 Å². The summed E-state index contributed by atoms with van der Waals surface area (Å²) in [7, 11) is -3.16. The summed E-state index contributed by atoms with van der Waals surface area (Å²) < 4.78 is 23.3. The zero-order chi connectivity index (χ0) is 20.7. The van der Waals surface area contributed by atoms with Gasteiger partial charge in [0.15, 0.2) is 5.78 Å². The highest BCUT2D eigenvalue weighted by molar-refractivity contribution is 7.53. The van der Waals surface area contributed by atoms with Gasteiger partial charge in [0, 0.05) is 29.7 Å². The third-order valence-corrected chi connectivity index (χ3v) is 6.68. The van der Waals surface area contributed by atoms with Crippen molar-refractivity contribution in [1.82, 2.24) is 10.6 Å². The molecule has 2 atom stereocenters. The minimum Gasteiger partial charge on any atom is -0.324 e. The lowest BCUT2D eigenvalue weighted by Gasteiger charge is -2.32. The minimum absolute atomic E-state index is 0.142. The van der Waals surface area contributed by atoms with Crippen LogP contribution < -0.4 is 16.0 Å². The van der Waals surface area contributed by atoms with Gasteiger partial charge in [-0.15, -0.1) is 0 Å². The summed E-state index contributed by atoms with van der Waals surface area (Å²) in [5.41, 5.74) is 0.778. The van der Waals surface area contributed by atoms with Gasteiger partial charge in [-0.25, -0.2) is 0 Å². The van der Waals surface area contributed by atoms with Crippen molar-refractivity contribution < 1.29 is 23.2 Å². The molecule has 1 amide bonds. The Balaban J connectivity index is 1.94. The Labute approximate surface area is 170 Å². The molecule has 1 saturated heterocycles. The maximum Gasteiger partial charge on any atom is 0.332 e. The Kier molecular flexibility index (Phi) is 8.61. The molecule has 0 spiro atoms. The van der Waals surface area contributed by atoms with Gasteiger partial charge in [0.25, 0.3) is 0 Å². The van der Waals surface area contributed by atoms with Crippen molar-refractivity contribution in [2.75, 3.05) is 37.8 Å². The molecule has 2 rings (SSSR count). The Morgan fingerprint density at radius 2 is 1.89 bits per heavy atom. The lowest BCUT2D eigenvalue weighted by molar-refractivity contribution is -0.118. The highest BCUT2D eigenvalue weighted by Crippen LogP contribution is 2.48. The highest BCUT2D eigenvalue weighted by atomic mass is 35.5. The van der Waals surface area contributed by atoms with Gasteiger partial charge in [-0.3, -0.25) is 14.2 Å². The molecule has 8 nitrogen and oxygen atoms in total. The lowest BCUT2D eigenvalue weighted by Crippen LogP contribution is -2.59. The van der Waals surface area contributed by atoms with Crippen molar-refractivity contribution in [3.8, 4) is 0 Å². The number of carbonyl (C=O) groups is 2. The van der Waals surface area contributed by atoms with Crippen LogP contribution in [0.1, 0.15) is 31.1 Å². The van der Waals surface area contributed by atoms with Gasteiger partial charge in [0.2, 0.25) is 5.91 Å². The molecule has 0 aromatic heterocycles. The molecule has 1 aromatic carbocycles. The molecule has 1 fully saturated rings. The van der Waals surface area contributed by atoms with E-state index >= 15 is 0 Å². The van der Waals surface area contributed by atoms with E-state index in [-0.39, 0.29) is 23.9 Å². The predicted octanol–water partition coefficient (Wildman–Crippen LogP) is 2.68. The third kappa shape index (κ3) is 6.37. The maximum absolute atomic E-state index is 12.6. The zero-order valence-corrected chi connectivity index (χ0v) is 17.9. The number of anilines is 1. The van der Waals surface area contributed by atoms with Gasteiger partial charge < -0.3 is 25.0 Å². The number of benzene rings is 1. The monoisotopic (exact) mass is 431 g/mol. The number of piperazine rings is 1. The molecule has 2 unspecified atom stereocenters. The number of amides is 1. The Morgan fingerprint density at radius 3 is 2.43 bits per heavy atom. The predicted molar refractivity (Wildman–Crippen MR) is 109 cm³/mol. The Bertz CT molecular complexity index is 743. The maximum atomic E-state index is 12.6. The molecule has 10 heteroatoms.